The number of carbonyl (C=O) groups is 1. The second kappa shape index (κ2) is 6.01. The number of ether oxygens (including phenoxy) is 1. The molecule has 106 valence electrons. The number of hydrogen-bond donors (Lipinski definition) is 1. The molecule has 0 spiro atoms. The van der Waals surface area contributed by atoms with Crippen LogP contribution < -0.4 is 0 Å². The minimum Gasteiger partial charge on any atom is -0.469 e. The fourth-order valence-electron chi connectivity index (χ4n) is 1.49. The average Bonchev–Trinajstić information content (AvgIpc) is 2.33. The third-order valence-electron chi connectivity index (χ3n) is 2.48. The molecule has 0 radical (unpaired) electrons. The van der Waals surface area contributed by atoms with Crippen LogP contribution in [0.1, 0.15) is 30.1 Å². The molecule has 0 aliphatic rings. The molecule has 1 aromatic carbocycles. The van der Waals surface area contributed by atoms with Crippen LogP contribution in [0.5, 0.6) is 0 Å². The van der Waals surface area contributed by atoms with E-state index >= 15 is 0 Å². The highest BCUT2D eigenvalue weighted by atomic mass is 19.4. The van der Waals surface area contributed by atoms with Crippen molar-refractivity contribution in [3.8, 4) is 0 Å². The predicted octanol–water partition coefficient (Wildman–Crippen LogP) is 2.83. The van der Waals surface area contributed by atoms with Gasteiger partial charge in [0, 0.05) is 6.42 Å². The average molecular weight is 280 g/mol. The number of esters is 1. The maximum absolute atomic E-state index is 13.1. The van der Waals surface area contributed by atoms with Gasteiger partial charge < -0.3 is 9.84 Å². The zero-order valence-corrected chi connectivity index (χ0v) is 10.00. The van der Waals surface area contributed by atoms with E-state index in [-0.39, 0.29) is 18.4 Å². The topological polar surface area (TPSA) is 46.5 Å². The Labute approximate surface area is 106 Å². The number of benzene rings is 1. The minimum atomic E-state index is -4.70. The van der Waals surface area contributed by atoms with Crippen molar-refractivity contribution in [3.05, 3.63) is 35.1 Å². The Hall–Kier alpha value is -1.63. The van der Waals surface area contributed by atoms with Crippen LogP contribution in [0.25, 0.3) is 0 Å². The smallest absolute Gasteiger partial charge is 0.416 e. The lowest BCUT2D eigenvalue weighted by atomic mass is 10.0. The highest BCUT2D eigenvalue weighted by Gasteiger charge is 2.31. The van der Waals surface area contributed by atoms with Crippen LogP contribution in [-0.2, 0) is 15.7 Å². The van der Waals surface area contributed by atoms with Gasteiger partial charge in [-0.15, -0.1) is 0 Å². The van der Waals surface area contributed by atoms with Gasteiger partial charge in [0.25, 0.3) is 0 Å². The summed E-state index contributed by atoms with van der Waals surface area (Å²) in [5, 5.41) is 9.64. The largest absolute Gasteiger partial charge is 0.469 e. The molecule has 0 heterocycles. The Balaban J connectivity index is 2.88. The fourth-order valence-corrected chi connectivity index (χ4v) is 1.49. The van der Waals surface area contributed by atoms with Crippen molar-refractivity contribution in [1.82, 2.24) is 0 Å². The summed E-state index contributed by atoms with van der Waals surface area (Å²) in [5.74, 6) is -1.70. The Bertz CT molecular complexity index is 457. The molecule has 1 rings (SSSR count). The second-order valence-corrected chi connectivity index (χ2v) is 3.90. The SMILES string of the molecule is COC(=O)CCC(O)c1cc(F)cc(C(F)(F)F)c1. The van der Waals surface area contributed by atoms with Gasteiger partial charge in [-0.05, 0) is 30.2 Å². The Morgan fingerprint density at radius 3 is 2.53 bits per heavy atom. The summed E-state index contributed by atoms with van der Waals surface area (Å²) in [4.78, 5) is 10.9. The number of halogens is 4. The Morgan fingerprint density at radius 2 is 2.00 bits per heavy atom. The van der Waals surface area contributed by atoms with Crippen LogP contribution in [0.3, 0.4) is 0 Å². The molecule has 1 atom stereocenters. The fraction of sp³-hybridized carbons (Fsp3) is 0.417. The maximum atomic E-state index is 13.1. The first kappa shape index (κ1) is 15.4. The van der Waals surface area contributed by atoms with E-state index in [4.69, 9.17) is 0 Å². The molecule has 0 amide bonds. The lowest BCUT2D eigenvalue weighted by Gasteiger charge is -2.13. The highest BCUT2D eigenvalue weighted by molar-refractivity contribution is 5.69. The molecule has 19 heavy (non-hydrogen) atoms. The quantitative estimate of drug-likeness (QED) is 0.681. The van der Waals surface area contributed by atoms with Crippen LogP contribution in [-0.4, -0.2) is 18.2 Å². The van der Waals surface area contributed by atoms with E-state index in [9.17, 15) is 27.5 Å². The number of rotatable bonds is 4. The molecule has 0 saturated carbocycles. The van der Waals surface area contributed by atoms with Crippen molar-refractivity contribution in [2.75, 3.05) is 7.11 Å². The summed E-state index contributed by atoms with van der Waals surface area (Å²) >= 11 is 0. The van der Waals surface area contributed by atoms with Gasteiger partial charge in [-0.1, -0.05) is 0 Å². The van der Waals surface area contributed by atoms with Crippen molar-refractivity contribution in [2.24, 2.45) is 0 Å². The van der Waals surface area contributed by atoms with Crippen LogP contribution in [0.4, 0.5) is 17.6 Å². The van der Waals surface area contributed by atoms with Crippen LogP contribution in [0.15, 0.2) is 18.2 Å². The summed E-state index contributed by atoms with van der Waals surface area (Å²) in [6.45, 7) is 0. The predicted molar refractivity (Wildman–Crippen MR) is 57.6 cm³/mol. The Kier molecular flexibility index (Phi) is 4.88. The van der Waals surface area contributed by atoms with Crippen molar-refractivity contribution in [1.29, 1.82) is 0 Å². The molecular weight excluding hydrogens is 268 g/mol. The molecule has 3 nitrogen and oxygen atoms in total. The number of aliphatic hydroxyl groups is 1. The van der Waals surface area contributed by atoms with Gasteiger partial charge >= 0.3 is 12.1 Å². The van der Waals surface area contributed by atoms with Crippen molar-refractivity contribution < 1.29 is 32.2 Å². The van der Waals surface area contributed by atoms with E-state index in [2.05, 4.69) is 4.74 Å². The zero-order chi connectivity index (χ0) is 14.6. The van der Waals surface area contributed by atoms with Gasteiger partial charge in [0.15, 0.2) is 0 Å². The molecule has 7 heteroatoms. The molecule has 0 bridgehead atoms. The molecular formula is C12H12F4O3. The summed E-state index contributed by atoms with van der Waals surface area (Å²) < 4.78 is 54.8. The lowest BCUT2D eigenvalue weighted by Crippen LogP contribution is -2.09. The summed E-state index contributed by atoms with van der Waals surface area (Å²) in [6.07, 6.45) is -6.38. The Morgan fingerprint density at radius 1 is 1.37 bits per heavy atom. The second-order valence-electron chi connectivity index (χ2n) is 3.90. The highest BCUT2D eigenvalue weighted by Crippen LogP contribution is 2.32. The molecule has 0 aliphatic carbocycles. The van der Waals surface area contributed by atoms with E-state index in [0.29, 0.717) is 12.1 Å². The first-order chi connectivity index (χ1) is 8.74. The molecule has 1 N–H and O–H groups in total. The van der Waals surface area contributed by atoms with E-state index in [0.717, 1.165) is 13.2 Å². The molecule has 1 aromatic rings. The number of methoxy groups -OCH3 is 1. The molecule has 1 unspecified atom stereocenters. The third kappa shape index (κ3) is 4.51. The van der Waals surface area contributed by atoms with Gasteiger partial charge in [-0.2, -0.15) is 13.2 Å². The third-order valence-corrected chi connectivity index (χ3v) is 2.48. The van der Waals surface area contributed by atoms with Crippen molar-refractivity contribution in [3.63, 3.8) is 0 Å². The number of aliphatic hydroxyl groups excluding tert-OH is 1. The summed E-state index contributed by atoms with van der Waals surface area (Å²) in [7, 11) is 1.15. The van der Waals surface area contributed by atoms with Gasteiger partial charge in [0.1, 0.15) is 5.82 Å². The monoisotopic (exact) mass is 280 g/mol. The van der Waals surface area contributed by atoms with Crippen LogP contribution >= 0.6 is 0 Å². The van der Waals surface area contributed by atoms with Crippen molar-refractivity contribution >= 4 is 5.97 Å². The van der Waals surface area contributed by atoms with Gasteiger partial charge in [-0.25, -0.2) is 4.39 Å². The normalized spacial score (nSPS) is 13.2. The van der Waals surface area contributed by atoms with E-state index in [1.54, 1.807) is 0 Å². The summed E-state index contributed by atoms with van der Waals surface area (Å²) in [6, 6.07) is 1.80. The number of carbonyl (C=O) groups excluding carboxylic acids is 1. The number of hydrogen-bond acceptors (Lipinski definition) is 3. The molecule has 0 saturated heterocycles. The van der Waals surface area contributed by atoms with Crippen LogP contribution in [0, 0.1) is 5.82 Å². The standard InChI is InChI=1S/C12H12F4O3/c1-19-11(18)3-2-10(17)7-4-8(12(14,15)16)6-9(13)5-7/h4-6,10,17H,2-3H2,1H3. The van der Waals surface area contributed by atoms with E-state index < -0.39 is 29.6 Å². The van der Waals surface area contributed by atoms with E-state index in [1.807, 2.05) is 0 Å². The lowest BCUT2D eigenvalue weighted by molar-refractivity contribution is -0.141. The summed E-state index contributed by atoms with van der Waals surface area (Å²) in [5.41, 5.74) is -1.41. The van der Waals surface area contributed by atoms with Crippen molar-refractivity contribution in [2.45, 2.75) is 25.1 Å². The van der Waals surface area contributed by atoms with Gasteiger partial charge in [0.2, 0.25) is 0 Å². The first-order valence-electron chi connectivity index (χ1n) is 5.36. The van der Waals surface area contributed by atoms with E-state index in [1.165, 1.54) is 0 Å². The molecule has 0 aliphatic heterocycles. The zero-order valence-electron chi connectivity index (χ0n) is 10.00. The number of alkyl halides is 3. The molecule has 0 fully saturated rings. The molecule has 0 aromatic heterocycles. The minimum absolute atomic E-state index is 0.145. The van der Waals surface area contributed by atoms with Gasteiger partial charge in [-0.3, -0.25) is 4.79 Å². The van der Waals surface area contributed by atoms with Crippen LogP contribution in [0.2, 0.25) is 0 Å². The maximum Gasteiger partial charge on any atom is 0.416 e. The van der Waals surface area contributed by atoms with Gasteiger partial charge in [0.05, 0.1) is 18.8 Å². The first-order valence-corrected chi connectivity index (χ1v) is 5.36.